The molecule has 0 aliphatic heterocycles. The van der Waals surface area contributed by atoms with E-state index in [-0.39, 0.29) is 5.91 Å². The van der Waals surface area contributed by atoms with E-state index in [0.29, 0.717) is 21.7 Å². The zero-order valence-corrected chi connectivity index (χ0v) is 11.6. The van der Waals surface area contributed by atoms with Gasteiger partial charge in [-0.25, -0.2) is 0 Å². The zero-order valence-electron chi connectivity index (χ0n) is 10.0. The molecule has 0 radical (unpaired) electrons. The maximum atomic E-state index is 11.8. The Morgan fingerprint density at radius 2 is 2.00 bits per heavy atom. The van der Waals surface area contributed by atoms with Crippen molar-refractivity contribution in [3.63, 3.8) is 0 Å². The molecule has 0 aliphatic rings. The van der Waals surface area contributed by atoms with Crippen molar-refractivity contribution in [1.82, 2.24) is 5.32 Å². The minimum absolute atomic E-state index is 0.0605. The number of carbonyl (C=O) groups excluding carboxylic acids is 1. The molecule has 1 atom stereocenters. The van der Waals surface area contributed by atoms with E-state index in [1.165, 1.54) is 16.9 Å². The Hall–Kier alpha value is -1.32. The van der Waals surface area contributed by atoms with Crippen LogP contribution < -0.4 is 5.32 Å². The van der Waals surface area contributed by atoms with Gasteiger partial charge in [0, 0.05) is 6.54 Å². The SMILES string of the molecule is C[C@@H](CNC(=O)c1ccc(Cl)s1)c1ccccc1. The summed E-state index contributed by atoms with van der Waals surface area (Å²) in [5, 5.41) is 2.92. The molecule has 0 bridgehead atoms. The first-order chi connectivity index (χ1) is 8.66. The van der Waals surface area contributed by atoms with Crippen LogP contribution in [0.4, 0.5) is 0 Å². The van der Waals surface area contributed by atoms with Gasteiger partial charge in [0.05, 0.1) is 9.21 Å². The monoisotopic (exact) mass is 279 g/mol. The molecule has 1 amide bonds. The summed E-state index contributed by atoms with van der Waals surface area (Å²) in [4.78, 5) is 12.5. The van der Waals surface area contributed by atoms with Crippen molar-refractivity contribution in [3.8, 4) is 0 Å². The average Bonchev–Trinajstić information content (AvgIpc) is 2.83. The highest BCUT2D eigenvalue weighted by Gasteiger charge is 2.10. The third-order valence-electron chi connectivity index (χ3n) is 2.73. The lowest BCUT2D eigenvalue weighted by Gasteiger charge is -2.12. The predicted octanol–water partition coefficient (Wildman–Crippen LogP) is 3.94. The second-order valence-corrected chi connectivity index (χ2v) is 5.84. The van der Waals surface area contributed by atoms with Gasteiger partial charge in [0.25, 0.3) is 5.91 Å². The lowest BCUT2D eigenvalue weighted by molar-refractivity contribution is 0.0955. The van der Waals surface area contributed by atoms with Crippen molar-refractivity contribution < 1.29 is 4.79 Å². The third-order valence-corrected chi connectivity index (χ3v) is 3.96. The average molecular weight is 280 g/mol. The molecule has 1 heterocycles. The van der Waals surface area contributed by atoms with Gasteiger partial charge in [-0.3, -0.25) is 4.79 Å². The van der Waals surface area contributed by atoms with Gasteiger partial charge in [0.1, 0.15) is 0 Å². The summed E-state index contributed by atoms with van der Waals surface area (Å²) in [5.41, 5.74) is 1.22. The maximum Gasteiger partial charge on any atom is 0.261 e. The van der Waals surface area contributed by atoms with Gasteiger partial charge in [0.2, 0.25) is 0 Å². The molecule has 2 aromatic rings. The van der Waals surface area contributed by atoms with Gasteiger partial charge >= 0.3 is 0 Å². The van der Waals surface area contributed by atoms with Gasteiger partial charge < -0.3 is 5.32 Å². The Labute approximate surface area is 116 Å². The summed E-state index contributed by atoms with van der Waals surface area (Å²) in [5.74, 6) is 0.236. The minimum Gasteiger partial charge on any atom is -0.351 e. The van der Waals surface area contributed by atoms with E-state index in [2.05, 4.69) is 24.4 Å². The highest BCUT2D eigenvalue weighted by Crippen LogP contribution is 2.21. The Bertz CT molecular complexity index is 524. The molecule has 18 heavy (non-hydrogen) atoms. The van der Waals surface area contributed by atoms with Crippen LogP contribution in [0.25, 0.3) is 0 Å². The predicted molar refractivity (Wildman–Crippen MR) is 76.5 cm³/mol. The fourth-order valence-corrected chi connectivity index (χ4v) is 2.63. The first kappa shape index (κ1) is 13.1. The molecule has 0 saturated heterocycles. The van der Waals surface area contributed by atoms with Gasteiger partial charge in [-0.15, -0.1) is 11.3 Å². The molecular formula is C14H14ClNOS. The van der Waals surface area contributed by atoms with Crippen LogP contribution in [0.1, 0.15) is 28.1 Å². The van der Waals surface area contributed by atoms with E-state index in [4.69, 9.17) is 11.6 Å². The molecule has 2 nitrogen and oxygen atoms in total. The summed E-state index contributed by atoms with van der Waals surface area (Å²) < 4.78 is 0.635. The van der Waals surface area contributed by atoms with Crippen LogP contribution in [-0.4, -0.2) is 12.5 Å². The van der Waals surface area contributed by atoms with Crippen molar-refractivity contribution >= 4 is 28.8 Å². The Kier molecular flexibility index (Phi) is 4.39. The van der Waals surface area contributed by atoms with Crippen molar-refractivity contribution in [2.24, 2.45) is 0 Å². The van der Waals surface area contributed by atoms with E-state index in [1.807, 2.05) is 18.2 Å². The normalized spacial score (nSPS) is 12.1. The first-order valence-electron chi connectivity index (χ1n) is 5.75. The topological polar surface area (TPSA) is 29.1 Å². The summed E-state index contributed by atoms with van der Waals surface area (Å²) in [6, 6.07) is 13.6. The van der Waals surface area contributed by atoms with Crippen LogP contribution in [-0.2, 0) is 0 Å². The van der Waals surface area contributed by atoms with Crippen LogP contribution >= 0.6 is 22.9 Å². The van der Waals surface area contributed by atoms with Crippen molar-refractivity contribution in [2.45, 2.75) is 12.8 Å². The van der Waals surface area contributed by atoms with Gasteiger partial charge in [-0.1, -0.05) is 48.9 Å². The molecule has 1 aromatic heterocycles. The molecule has 0 saturated carbocycles. The van der Waals surface area contributed by atoms with Crippen molar-refractivity contribution in [1.29, 1.82) is 0 Å². The lowest BCUT2D eigenvalue weighted by Crippen LogP contribution is -2.26. The smallest absolute Gasteiger partial charge is 0.261 e. The second-order valence-electron chi connectivity index (χ2n) is 4.13. The van der Waals surface area contributed by atoms with Crippen molar-refractivity contribution in [3.05, 3.63) is 57.2 Å². The quantitative estimate of drug-likeness (QED) is 0.902. The van der Waals surface area contributed by atoms with E-state index in [9.17, 15) is 4.79 Å². The number of benzene rings is 1. The first-order valence-corrected chi connectivity index (χ1v) is 6.95. The van der Waals surface area contributed by atoms with Crippen LogP contribution in [0.3, 0.4) is 0 Å². The third kappa shape index (κ3) is 3.34. The number of hydrogen-bond acceptors (Lipinski definition) is 2. The molecular weight excluding hydrogens is 266 g/mol. The van der Waals surface area contributed by atoms with E-state index in [1.54, 1.807) is 12.1 Å². The number of thiophene rings is 1. The van der Waals surface area contributed by atoms with Crippen molar-refractivity contribution in [2.75, 3.05) is 6.54 Å². The Morgan fingerprint density at radius 3 is 2.61 bits per heavy atom. The number of hydrogen-bond donors (Lipinski definition) is 1. The molecule has 0 spiro atoms. The highest BCUT2D eigenvalue weighted by atomic mass is 35.5. The summed E-state index contributed by atoms with van der Waals surface area (Å²) in [6.07, 6.45) is 0. The van der Waals surface area contributed by atoms with Crippen LogP contribution in [0, 0.1) is 0 Å². The van der Waals surface area contributed by atoms with E-state index >= 15 is 0 Å². The largest absolute Gasteiger partial charge is 0.351 e. The zero-order chi connectivity index (χ0) is 13.0. The van der Waals surface area contributed by atoms with E-state index < -0.39 is 0 Å². The molecule has 1 aromatic carbocycles. The fourth-order valence-electron chi connectivity index (χ4n) is 1.67. The number of rotatable bonds is 4. The second kappa shape index (κ2) is 6.03. The number of halogens is 1. The van der Waals surface area contributed by atoms with Gasteiger partial charge in [0.15, 0.2) is 0 Å². The summed E-state index contributed by atoms with van der Waals surface area (Å²) in [7, 11) is 0. The van der Waals surface area contributed by atoms with Gasteiger partial charge in [-0.2, -0.15) is 0 Å². The van der Waals surface area contributed by atoms with Crippen LogP contribution in [0.5, 0.6) is 0 Å². The number of nitrogens with one attached hydrogen (secondary N) is 1. The molecule has 4 heteroatoms. The molecule has 1 N–H and O–H groups in total. The van der Waals surface area contributed by atoms with Gasteiger partial charge in [-0.05, 0) is 23.6 Å². The summed E-state index contributed by atoms with van der Waals surface area (Å²) >= 11 is 7.10. The highest BCUT2D eigenvalue weighted by molar-refractivity contribution is 7.17. The Morgan fingerprint density at radius 1 is 1.28 bits per heavy atom. The Balaban J connectivity index is 1.90. The number of amides is 1. The fraction of sp³-hybridized carbons (Fsp3) is 0.214. The molecule has 0 aliphatic carbocycles. The lowest BCUT2D eigenvalue weighted by atomic mass is 10.0. The molecule has 94 valence electrons. The summed E-state index contributed by atoms with van der Waals surface area (Å²) in [6.45, 7) is 2.72. The molecule has 0 unspecified atom stereocenters. The van der Waals surface area contributed by atoms with E-state index in [0.717, 1.165) is 0 Å². The number of carbonyl (C=O) groups is 1. The van der Waals surface area contributed by atoms with Crippen LogP contribution in [0.15, 0.2) is 42.5 Å². The minimum atomic E-state index is -0.0605. The molecule has 2 rings (SSSR count). The standard InChI is InChI=1S/C14H14ClNOS/c1-10(11-5-3-2-4-6-11)9-16-14(17)12-7-8-13(15)18-12/h2-8,10H,9H2,1H3,(H,16,17)/t10-/m0/s1. The molecule has 0 fully saturated rings. The van der Waals surface area contributed by atoms with Crippen LogP contribution in [0.2, 0.25) is 4.34 Å². The maximum absolute atomic E-state index is 11.8.